The molecule has 3 rings (SSSR count). The van der Waals surface area contributed by atoms with Crippen molar-refractivity contribution in [3.63, 3.8) is 0 Å². The van der Waals surface area contributed by atoms with E-state index in [9.17, 15) is 9.59 Å². The lowest BCUT2D eigenvalue weighted by Crippen LogP contribution is -2.32. The van der Waals surface area contributed by atoms with E-state index in [1.54, 1.807) is 24.3 Å². The van der Waals surface area contributed by atoms with E-state index in [0.29, 0.717) is 35.8 Å². The van der Waals surface area contributed by atoms with Gasteiger partial charge in [-0.3, -0.25) is 4.79 Å². The normalized spacial score (nSPS) is 12.8. The Hall–Kier alpha value is -3.02. The van der Waals surface area contributed by atoms with Crippen molar-refractivity contribution in [1.29, 1.82) is 0 Å². The fraction of sp³-hybridized carbons (Fsp3) is 0.222. The van der Waals surface area contributed by atoms with Crippen molar-refractivity contribution in [2.75, 3.05) is 23.8 Å². The van der Waals surface area contributed by atoms with E-state index >= 15 is 0 Å². The van der Waals surface area contributed by atoms with Crippen LogP contribution in [0.5, 0.6) is 5.75 Å². The summed E-state index contributed by atoms with van der Waals surface area (Å²) in [6.07, 6.45) is 0.801. The molecule has 1 heterocycles. The molecule has 3 amide bonds. The number of anilines is 2. The van der Waals surface area contributed by atoms with Gasteiger partial charge in [-0.05, 0) is 43.2 Å². The Bertz CT molecular complexity index is 774. The second-order valence-corrected chi connectivity index (χ2v) is 5.39. The number of para-hydroxylation sites is 2. The number of nitrogens with one attached hydrogen (secondary N) is 3. The van der Waals surface area contributed by atoms with Crippen LogP contribution in [0.4, 0.5) is 16.2 Å². The van der Waals surface area contributed by atoms with Crippen molar-refractivity contribution in [1.82, 2.24) is 5.32 Å². The molecule has 1 aliphatic heterocycles. The van der Waals surface area contributed by atoms with E-state index in [4.69, 9.17) is 4.74 Å². The molecule has 3 N–H and O–H groups in total. The number of hydrogen-bond acceptors (Lipinski definition) is 3. The molecule has 0 aliphatic carbocycles. The summed E-state index contributed by atoms with van der Waals surface area (Å²) < 4.78 is 5.48. The number of benzene rings is 2. The molecule has 0 unspecified atom stereocenters. The lowest BCUT2D eigenvalue weighted by atomic mass is 10.00. The molecule has 0 radical (unpaired) electrons. The summed E-state index contributed by atoms with van der Waals surface area (Å²) in [4.78, 5) is 24.1. The molecule has 24 heavy (non-hydrogen) atoms. The average molecular weight is 325 g/mol. The van der Waals surface area contributed by atoms with Gasteiger partial charge in [0.05, 0.1) is 12.3 Å². The summed E-state index contributed by atoms with van der Waals surface area (Å²) in [6, 6.07) is 12.2. The van der Waals surface area contributed by atoms with Crippen LogP contribution >= 0.6 is 0 Å². The lowest BCUT2D eigenvalue weighted by molar-refractivity contribution is 0.0946. The monoisotopic (exact) mass is 325 g/mol. The van der Waals surface area contributed by atoms with Gasteiger partial charge in [-0.1, -0.05) is 18.2 Å². The summed E-state index contributed by atoms with van der Waals surface area (Å²) in [7, 11) is 0. The second kappa shape index (κ2) is 7.04. The molecule has 0 saturated heterocycles. The molecule has 0 bridgehead atoms. The van der Waals surface area contributed by atoms with Crippen LogP contribution in [0.1, 0.15) is 22.8 Å². The molecule has 0 saturated carbocycles. The van der Waals surface area contributed by atoms with Crippen LogP contribution in [0, 0.1) is 0 Å². The maximum Gasteiger partial charge on any atom is 0.323 e. The van der Waals surface area contributed by atoms with Crippen molar-refractivity contribution < 1.29 is 14.3 Å². The van der Waals surface area contributed by atoms with E-state index in [1.807, 2.05) is 25.1 Å². The molecule has 0 spiro atoms. The number of fused-ring (bicyclic) bond motifs is 1. The molecule has 6 nitrogen and oxygen atoms in total. The van der Waals surface area contributed by atoms with Crippen LogP contribution in [0.3, 0.4) is 0 Å². The molecule has 0 fully saturated rings. The van der Waals surface area contributed by atoms with Crippen molar-refractivity contribution in [3.05, 3.63) is 53.6 Å². The Morgan fingerprint density at radius 2 is 2.04 bits per heavy atom. The molecule has 0 atom stereocenters. The molecule has 2 aromatic carbocycles. The fourth-order valence-electron chi connectivity index (χ4n) is 2.63. The van der Waals surface area contributed by atoms with Gasteiger partial charge >= 0.3 is 6.03 Å². The quantitative estimate of drug-likeness (QED) is 0.808. The largest absolute Gasteiger partial charge is 0.492 e. The summed E-state index contributed by atoms with van der Waals surface area (Å²) >= 11 is 0. The Labute approximate surface area is 140 Å². The predicted octanol–water partition coefficient (Wildman–Crippen LogP) is 3.02. The fourth-order valence-corrected chi connectivity index (χ4v) is 2.63. The Kier molecular flexibility index (Phi) is 4.65. The van der Waals surface area contributed by atoms with Gasteiger partial charge in [-0.25, -0.2) is 4.79 Å². The zero-order chi connectivity index (χ0) is 16.9. The van der Waals surface area contributed by atoms with Crippen molar-refractivity contribution in [2.24, 2.45) is 0 Å². The number of hydrogen-bond donors (Lipinski definition) is 3. The molecular weight excluding hydrogens is 306 g/mol. The standard InChI is InChI=1S/C18H19N3O3/c1-2-24-16-6-4-3-5-15(16)21-18(23)20-13-8-7-12-9-10-19-17(22)14(12)11-13/h3-8,11H,2,9-10H2,1H3,(H,19,22)(H2,20,21,23). The highest BCUT2D eigenvalue weighted by Crippen LogP contribution is 2.24. The van der Waals surface area contributed by atoms with Crippen LogP contribution in [-0.2, 0) is 6.42 Å². The Morgan fingerprint density at radius 1 is 1.21 bits per heavy atom. The predicted molar refractivity (Wildman–Crippen MR) is 92.7 cm³/mol. The van der Waals surface area contributed by atoms with Gasteiger partial charge in [0.15, 0.2) is 0 Å². The van der Waals surface area contributed by atoms with Crippen molar-refractivity contribution in [3.8, 4) is 5.75 Å². The molecule has 124 valence electrons. The van der Waals surface area contributed by atoms with E-state index in [1.165, 1.54) is 0 Å². The summed E-state index contributed by atoms with van der Waals surface area (Å²) in [5.74, 6) is 0.502. The number of rotatable bonds is 4. The van der Waals surface area contributed by atoms with Crippen LogP contribution in [-0.4, -0.2) is 25.1 Å². The first-order chi connectivity index (χ1) is 11.7. The van der Waals surface area contributed by atoms with Gasteiger partial charge in [0.1, 0.15) is 5.75 Å². The molecule has 2 aromatic rings. The molecule has 0 aromatic heterocycles. The number of urea groups is 1. The Balaban J connectivity index is 1.72. The zero-order valence-corrected chi connectivity index (χ0v) is 13.4. The SMILES string of the molecule is CCOc1ccccc1NC(=O)Nc1ccc2c(c1)C(=O)NCC2. The lowest BCUT2D eigenvalue weighted by Gasteiger charge is -2.17. The zero-order valence-electron chi connectivity index (χ0n) is 13.4. The number of carbonyl (C=O) groups excluding carboxylic acids is 2. The third-order valence-corrected chi connectivity index (χ3v) is 3.73. The third-order valence-electron chi connectivity index (χ3n) is 3.73. The van der Waals surface area contributed by atoms with Gasteiger partial charge < -0.3 is 20.7 Å². The third kappa shape index (κ3) is 3.48. The summed E-state index contributed by atoms with van der Waals surface area (Å²) in [5, 5.41) is 8.30. The smallest absolute Gasteiger partial charge is 0.323 e. The molecule has 6 heteroatoms. The minimum absolute atomic E-state index is 0.109. The highest BCUT2D eigenvalue weighted by Gasteiger charge is 2.17. The molecule has 1 aliphatic rings. The summed E-state index contributed by atoms with van der Waals surface area (Å²) in [5.41, 5.74) is 2.75. The van der Waals surface area contributed by atoms with Crippen LogP contribution in [0.25, 0.3) is 0 Å². The number of carbonyl (C=O) groups is 2. The minimum Gasteiger partial charge on any atom is -0.492 e. The highest BCUT2D eigenvalue weighted by molar-refractivity contribution is 6.02. The van der Waals surface area contributed by atoms with E-state index < -0.39 is 6.03 Å². The molecular formula is C18H19N3O3. The van der Waals surface area contributed by atoms with Crippen molar-refractivity contribution >= 4 is 23.3 Å². The first-order valence-corrected chi connectivity index (χ1v) is 7.88. The minimum atomic E-state index is -0.390. The van der Waals surface area contributed by atoms with Gasteiger partial charge in [0, 0.05) is 17.8 Å². The maximum atomic E-state index is 12.2. The van der Waals surface area contributed by atoms with E-state index in [2.05, 4.69) is 16.0 Å². The van der Waals surface area contributed by atoms with Crippen LogP contribution in [0.15, 0.2) is 42.5 Å². The number of amides is 3. The van der Waals surface area contributed by atoms with Gasteiger partial charge in [-0.2, -0.15) is 0 Å². The van der Waals surface area contributed by atoms with E-state index in [-0.39, 0.29) is 5.91 Å². The topological polar surface area (TPSA) is 79.5 Å². The first kappa shape index (κ1) is 15.9. The van der Waals surface area contributed by atoms with Crippen molar-refractivity contribution in [2.45, 2.75) is 13.3 Å². The van der Waals surface area contributed by atoms with Crippen LogP contribution < -0.4 is 20.7 Å². The second-order valence-electron chi connectivity index (χ2n) is 5.39. The van der Waals surface area contributed by atoms with Gasteiger partial charge in [0.25, 0.3) is 5.91 Å². The number of ether oxygens (including phenoxy) is 1. The first-order valence-electron chi connectivity index (χ1n) is 7.88. The summed E-state index contributed by atoms with van der Waals surface area (Å²) in [6.45, 7) is 3.04. The van der Waals surface area contributed by atoms with Gasteiger partial charge in [0.2, 0.25) is 0 Å². The Morgan fingerprint density at radius 3 is 2.88 bits per heavy atom. The highest BCUT2D eigenvalue weighted by atomic mass is 16.5. The van der Waals surface area contributed by atoms with E-state index in [0.717, 1.165) is 12.0 Å². The van der Waals surface area contributed by atoms with Crippen LogP contribution in [0.2, 0.25) is 0 Å². The average Bonchev–Trinajstić information content (AvgIpc) is 2.58. The maximum absolute atomic E-state index is 12.2. The van der Waals surface area contributed by atoms with Gasteiger partial charge in [-0.15, -0.1) is 0 Å².